The summed E-state index contributed by atoms with van der Waals surface area (Å²) < 4.78 is 55.5. The van der Waals surface area contributed by atoms with E-state index in [1.807, 2.05) is 0 Å². The van der Waals surface area contributed by atoms with Crippen molar-refractivity contribution in [1.82, 2.24) is 25.2 Å². The average molecular weight is 851 g/mol. The van der Waals surface area contributed by atoms with Crippen LogP contribution in [0, 0.1) is 11.7 Å². The molecule has 60 heavy (non-hydrogen) atoms. The van der Waals surface area contributed by atoms with Gasteiger partial charge in [0.05, 0.1) is 18.8 Å². The van der Waals surface area contributed by atoms with Gasteiger partial charge in [0.25, 0.3) is 15.9 Å². The highest BCUT2D eigenvalue weighted by Gasteiger charge is 2.61. The zero-order chi connectivity index (χ0) is 42.6. The third-order valence-corrected chi connectivity index (χ3v) is 13.5. The van der Waals surface area contributed by atoms with Gasteiger partial charge in [0, 0.05) is 43.3 Å². The van der Waals surface area contributed by atoms with Crippen LogP contribution in [-0.4, -0.2) is 90.4 Å². The Hall–Kier alpha value is -5.52. The summed E-state index contributed by atoms with van der Waals surface area (Å²) in [6.45, 7) is 3.63. The van der Waals surface area contributed by atoms with Crippen molar-refractivity contribution in [3.05, 3.63) is 72.1 Å². The second-order valence-electron chi connectivity index (χ2n) is 16.3. The normalized spacial score (nSPS) is 27.6. The summed E-state index contributed by atoms with van der Waals surface area (Å²) in [5, 5.41) is 8.19. The maximum Gasteiger partial charge on any atom is 0.410 e. The molecule has 2 aliphatic carbocycles. The molecule has 322 valence electrons. The molecule has 1 unspecified atom stereocenters. The van der Waals surface area contributed by atoms with Gasteiger partial charge in [0.1, 0.15) is 34.5 Å². The summed E-state index contributed by atoms with van der Waals surface area (Å²) in [7, 11) is -4.58. The van der Waals surface area contributed by atoms with Crippen molar-refractivity contribution in [3.63, 3.8) is 0 Å². The minimum atomic E-state index is -4.58. The molecule has 1 saturated heterocycles. The number of ether oxygens (including phenoxy) is 2. The highest BCUT2D eigenvalue weighted by Crippen LogP contribution is 2.45. The molecule has 0 radical (unpaired) electrons. The predicted octanol–water partition coefficient (Wildman–Crippen LogP) is 4.53. The number of carbonyl (C=O) groups excluding carboxylic acids is 6. The number of nitrogens with zero attached hydrogens (tertiary/aromatic N) is 2. The van der Waals surface area contributed by atoms with E-state index >= 15 is 0 Å². The van der Waals surface area contributed by atoms with E-state index in [2.05, 4.69) is 27.3 Å². The van der Waals surface area contributed by atoms with Crippen molar-refractivity contribution in [3.8, 4) is 0 Å². The van der Waals surface area contributed by atoms with Crippen molar-refractivity contribution < 1.29 is 51.0 Å². The lowest BCUT2D eigenvalue weighted by atomic mass is 9.98. The van der Waals surface area contributed by atoms with Crippen LogP contribution in [0.25, 0.3) is 0 Å². The van der Waals surface area contributed by atoms with E-state index in [-0.39, 0.29) is 62.0 Å². The number of fused-ring (bicyclic) bond motifs is 3. The van der Waals surface area contributed by atoms with Crippen LogP contribution in [0.5, 0.6) is 0 Å². The van der Waals surface area contributed by atoms with Crippen LogP contribution in [0.4, 0.5) is 19.7 Å². The van der Waals surface area contributed by atoms with Crippen molar-refractivity contribution in [1.29, 1.82) is 0 Å². The minimum absolute atomic E-state index is 0.00222. The molecule has 2 aromatic rings. The first-order chi connectivity index (χ1) is 28.8. The number of hydrogen-bond acceptors (Lipinski definition) is 10. The van der Waals surface area contributed by atoms with Crippen LogP contribution in [0.2, 0.25) is 0 Å². The van der Waals surface area contributed by atoms with Gasteiger partial charge in [0.15, 0.2) is 0 Å². The average Bonchev–Trinajstić information content (AvgIpc) is 3.49. The number of para-hydroxylation sites is 1. The summed E-state index contributed by atoms with van der Waals surface area (Å²) in [5.74, 6) is -3.96. The monoisotopic (exact) mass is 850 g/mol. The van der Waals surface area contributed by atoms with E-state index in [1.165, 1.54) is 40.1 Å². The third kappa shape index (κ3) is 9.58. The maximum absolute atomic E-state index is 14.5. The number of amides is 6. The van der Waals surface area contributed by atoms with Gasteiger partial charge in [-0.25, -0.2) is 27.1 Å². The first-order valence-electron chi connectivity index (χ1n) is 20.7. The van der Waals surface area contributed by atoms with Crippen LogP contribution in [0.1, 0.15) is 94.6 Å². The Bertz CT molecular complexity index is 2150. The number of sulfonamides is 1. The highest BCUT2D eigenvalue weighted by molar-refractivity contribution is 7.90. The van der Waals surface area contributed by atoms with Crippen LogP contribution >= 0.6 is 0 Å². The van der Waals surface area contributed by atoms with Crippen LogP contribution in [0.3, 0.4) is 0 Å². The van der Waals surface area contributed by atoms with Gasteiger partial charge in [-0.05, 0) is 68.7 Å². The molecule has 2 saturated carbocycles. The van der Waals surface area contributed by atoms with E-state index in [9.17, 15) is 41.6 Å². The van der Waals surface area contributed by atoms with Crippen LogP contribution in [-0.2, 0) is 51.8 Å². The lowest BCUT2D eigenvalue weighted by Crippen LogP contribution is -2.56. The molecular weight excluding hydrogens is 800 g/mol. The lowest BCUT2D eigenvalue weighted by molar-refractivity contribution is -0.140. The van der Waals surface area contributed by atoms with Gasteiger partial charge in [-0.2, -0.15) is 0 Å². The topological polar surface area (TPSA) is 210 Å². The second-order valence-corrected chi connectivity index (χ2v) is 18.0. The summed E-state index contributed by atoms with van der Waals surface area (Å²) in [4.78, 5) is 84.4. The zero-order valence-electron chi connectivity index (χ0n) is 33.3. The lowest BCUT2D eigenvalue weighted by Gasteiger charge is -2.28. The SMILES string of the molecule is C=C[C@H]1C[C@]12NC(=O)[C@@H]1C[C@@H](OC(=O)N3Cc4cccc(F)c4C3)CN1C(=O)CC(NC(=O)OC1CCCCC1)CCCCCC(=O)Nc1ccccc1S(=O)(=O)NC2=O. The molecule has 4 N–H and O–H groups in total. The fraction of sp³-hybridized carbons (Fsp3) is 0.524. The first-order valence-corrected chi connectivity index (χ1v) is 22.1. The number of halogens is 1. The summed E-state index contributed by atoms with van der Waals surface area (Å²) in [5.41, 5.74) is -0.786. The Kier molecular flexibility index (Phi) is 12.8. The van der Waals surface area contributed by atoms with Gasteiger partial charge in [-0.15, -0.1) is 6.58 Å². The van der Waals surface area contributed by atoms with Crippen molar-refractivity contribution >= 4 is 51.5 Å². The van der Waals surface area contributed by atoms with E-state index in [4.69, 9.17) is 9.47 Å². The zero-order valence-corrected chi connectivity index (χ0v) is 34.1. The van der Waals surface area contributed by atoms with E-state index < -0.39 is 81.3 Å². The van der Waals surface area contributed by atoms with Crippen molar-refractivity contribution in [2.24, 2.45) is 5.92 Å². The maximum atomic E-state index is 14.5. The number of benzene rings is 2. The molecule has 3 fully saturated rings. The fourth-order valence-corrected chi connectivity index (χ4v) is 9.90. The number of nitrogens with one attached hydrogen (secondary N) is 4. The largest absolute Gasteiger partial charge is 0.446 e. The van der Waals surface area contributed by atoms with Crippen LogP contribution < -0.4 is 20.7 Å². The number of alkyl carbamates (subject to hydrolysis) is 1. The molecular formula is C42H51FN6O10S. The summed E-state index contributed by atoms with van der Waals surface area (Å²) in [6.07, 6.45) is 4.58. The number of carbonyl (C=O) groups is 6. The number of rotatable bonds is 4. The third-order valence-electron chi connectivity index (χ3n) is 12.1. The molecule has 2 aromatic carbocycles. The van der Waals surface area contributed by atoms with E-state index in [0.717, 1.165) is 32.1 Å². The first kappa shape index (κ1) is 42.6. The Morgan fingerprint density at radius 2 is 1.67 bits per heavy atom. The summed E-state index contributed by atoms with van der Waals surface area (Å²) >= 11 is 0. The molecule has 3 heterocycles. The van der Waals surface area contributed by atoms with E-state index in [1.54, 1.807) is 18.2 Å². The summed E-state index contributed by atoms with van der Waals surface area (Å²) in [6, 6.07) is 8.22. The molecule has 0 bridgehead atoms. The quantitative estimate of drug-likeness (QED) is 0.316. The van der Waals surface area contributed by atoms with Gasteiger partial charge in [-0.1, -0.05) is 49.6 Å². The Morgan fingerprint density at radius 3 is 2.42 bits per heavy atom. The van der Waals surface area contributed by atoms with Crippen LogP contribution in [0.15, 0.2) is 60.0 Å². The molecule has 16 nitrogen and oxygen atoms in total. The fourth-order valence-electron chi connectivity index (χ4n) is 8.70. The molecule has 3 aliphatic heterocycles. The van der Waals surface area contributed by atoms with Crippen molar-refractivity contribution in [2.45, 2.75) is 131 Å². The van der Waals surface area contributed by atoms with Gasteiger partial charge < -0.3 is 30.3 Å². The molecule has 18 heteroatoms. The van der Waals surface area contributed by atoms with Crippen molar-refractivity contribution in [2.75, 3.05) is 11.9 Å². The van der Waals surface area contributed by atoms with E-state index in [0.29, 0.717) is 36.8 Å². The second kappa shape index (κ2) is 18.0. The number of anilines is 1. The van der Waals surface area contributed by atoms with Gasteiger partial charge in [0.2, 0.25) is 17.7 Å². The Balaban J connectivity index is 1.15. The smallest absolute Gasteiger partial charge is 0.410 e. The molecule has 6 amide bonds. The molecule has 5 atom stereocenters. The Labute approximate surface area is 348 Å². The molecule has 7 rings (SSSR count). The standard InChI is InChI=1S/C42H51FN6O10S/c1-2-27-22-42(27)39(53)47-60(56,57)35-18-10-9-17-33(35)45-36(50)19-8-3-5-13-28(44-40(54)58-29-14-6-4-7-15-29)20-37(51)49-24-30(21-34(49)38(52)46-42)59-41(55)48-23-26-12-11-16-32(43)31(26)25-48/h2,9-12,16-18,27-30,34H,1,3-8,13-15,19-25H2,(H,44,54)(H,45,50)(H,46,52)(H,47,53)/t27-,28?,30+,34-,42-/m0/s1. The highest BCUT2D eigenvalue weighted by atomic mass is 32.2. The minimum Gasteiger partial charge on any atom is -0.446 e. The predicted molar refractivity (Wildman–Crippen MR) is 214 cm³/mol. The van der Waals surface area contributed by atoms with Gasteiger partial charge >= 0.3 is 12.2 Å². The van der Waals surface area contributed by atoms with Gasteiger partial charge in [-0.3, -0.25) is 24.1 Å². The Morgan fingerprint density at radius 1 is 0.917 bits per heavy atom. The molecule has 1 spiro atoms. The molecule has 0 aromatic heterocycles. The molecule has 5 aliphatic rings. The number of hydrogen-bond donors (Lipinski definition) is 4.